The number of ketones is 1. The summed E-state index contributed by atoms with van der Waals surface area (Å²) < 4.78 is 10.1. The molecule has 0 N–H and O–H groups in total. The van der Waals surface area contributed by atoms with Gasteiger partial charge in [-0.3, -0.25) is 4.79 Å². The quantitative estimate of drug-likeness (QED) is 0.467. The molecule has 7 heteroatoms. The summed E-state index contributed by atoms with van der Waals surface area (Å²) in [5.74, 6) is 0.0416. The predicted molar refractivity (Wildman–Crippen MR) is 96.0 cm³/mol. The number of benzene rings is 1. The first-order valence-electron chi connectivity index (χ1n) is 7.04. The number of carbonyl (C=O) groups is 2. The summed E-state index contributed by atoms with van der Waals surface area (Å²) in [7, 11) is 4.20. The molecule has 0 amide bonds. The molecule has 0 saturated heterocycles. The van der Waals surface area contributed by atoms with E-state index in [1.807, 2.05) is 24.3 Å². The third-order valence-corrected chi connectivity index (χ3v) is 5.43. The summed E-state index contributed by atoms with van der Waals surface area (Å²) in [5.41, 5.74) is 1.36. The SMILES string of the molecule is COC(=O)COc1ccccc1C1=N/C(=C2\C=CC=CC2=O)SS1. The van der Waals surface area contributed by atoms with E-state index in [0.717, 1.165) is 10.6 Å². The fraction of sp³-hybridized carbons (Fsp3) is 0.118. The third kappa shape index (κ3) is 3.63. The number of nitrogens with zero attached hydrogens (tertiary/aromatic N) is 1. The monoisotopic (exact) mass is 359 g/mol. The summed E-state index contributed by atoms with van der Waals surface area (Å²) in [6.07, 6.45) is 6.81. The van der Waals surface area contributed by atoms with Gasteiger partial charge in [-0.1, -0.05) is 24.3 Å². The van der Waals surface area contributed by atoms with Crippen molar-refractivity contribution in [1.29, 1.82) is 0 Å². The van der Waals surface area contributed by atoms with Crippen LogP contribution in [0.15, 0.2) is 64.2 Å². The molecule has 0 spiro atoms. The minimum absolute atomic E-state index is 0.0548. The molecule has 1 aromatic carbocycles. The van der Waals surface area contributed by atoms with Gasteiger partial charge in [0.15, 0.2) is 12.4 Å². The molecule has 0 unspecified atom stereocenters. The Labute approximate surface area is 146 Å². The molecule has 0 fully saturated rings. The normalized spacial score (nSPS) is 19.4. The first kappa shape index (κ1) is 16.6. The van der Waals surface area contributed by atoms with Gasteiger partial charge in [-0.05, 0) is 45.9 Å². The number of hydrogen-bond donors (Lipinski definition) is 0. The Morgan fingerprint density at radius 3 is 2.75 bits per heavy atom. The van der Waals surface area contributed by atoms with Crippen molar-refractivity contribution < 1.29 is 19.1 Å². The van der Waals surface area contributed by atoms with Gasteiger partial charge in [-0.15, -0.1) is 0 Å². The van der Waals surface area contributed by atoms with Crippen molar-refractivity contribution >= 4 is 38.4 Å². The van der Waals surface area contributed by atoms with Crippen LogP contribution in [-0.4, -0.2) is 30.5 Å². The Morgan fingerprint density at radius 1 is 1.17 bits per heavy atom. The molecule has 1 aliphatic carbocycles. The maximum absolute atomic E-state index is 11.9. The van der Waals surface area contributed by atoms with Crippen LogP contribution < -0.4 is 4.74 Å². The molecule has 1 aliphatic heterocycles. The fourth-order valence-corrected chi connectivity index (χ4v) is 4.25. The summed E-state index contributed by atoms with van der Waals surface area (Å²) in [5, 5.41) is 1.40. The van der Waals surface area contributed by atoms with Crippen molar-refractivity contribution in [2.24, 2.45) is 4.99 Å². The zero-order chi connectivity index (χ0) is 16.9. The lowest BCUT2D eigenvalue weighted by molar-refractivity contribution is -0.142. The van der Waals surface area contributed by atoms with Gasteiger partial charge in [-0.25, -0.2) is 9.79 Å². The summed E-state index contributed by atoms with van der Waals surface area (Å²) in [6, 6.07) is 7.32. The van der Waals surface area contributed by atoms with Crippen molar-refractivity contribution in [1.82, 2.24) is 0 Å². The zero-order valence-electron chi connectivity index (χ0n) is 12.7. The van der Waals surface area contributed by atoms with Crippen LogP contribution in [0.5, 0.6) is 5.75 Å². The molecule has 122 valence electrons. The second kappa shape index (κ2) is 7.55. The van der Waals surface area contributed by atoms with Gasteiger partial charge in [0.1, 0.15) is 15.8 Å². The Balaban J connectivity index is 1.88. The minimum atomic E-state index is -0.451. The number of methoxy groups -OCH3 is 1. The second-order valence-corrected chi connectivity index (χ2v) is 6.85. The van der Waals surface area contributed by atoms with Crippen molar-refractivity contribution in [3.8, 4) is 5.75 Å². The number of allylic oxidation sites excluding steroid dienone is 5. The van der Waals surface area contributed by atoms with Crippen molar-refractivity contribution in [3.63, 3.8) is 0 Å². The number of hydrogen-bond acceptors (Lipinski definition) is 7. The van der Waals surface area contributed by atoms with Crippen LogP contribution in [-0.2, 0) is 14.3 Å². The highest BCUT2D eigenvalue weighted by Gasteiger charge is 2.23. The van der Waals surface area contributed by atoms with E-state index in [4.69, 9.17) is 4.74 Å². The molecule has 3 rings (SSSR count). The number of rotatable bonds is 4. The summed E-state index contributed by atoms with van der Waals surface area (Å²) in [6.45, 7) is -0.168. The molecule has 5 nitrogen and oxygen atoms in total. The minimum Gasteiger partial charge on any atom is -0.481 e. The van der Waals surface area contributed by atoms with E-state index in [9.17, 15) is 9.59 Å². The van der Waals surface area contributed by atoms with E-state index in [2.05, 4.69) is 9.73 Å². The molecule has 0 aromatic heterocycles. The van der Waals surface area contributed by atoms with Crippen LogP contribution >= 0.6 is 21.6 Å². The Kier molecular flexibility index (Phi) is 5.22. The van der Waals surface area contributed by atoms with E-state index in [1.54, 1.807) is 18.2 Å². The molecule has 0 atom stereocenters. The maximum atomic E-state index is 11.9. The Hall–Kier alpha value is -2.25. The average Bonchev–Trinajstić information content (AvgIpc) is 3.10. The lowest BCUT2D eigenvalue weighted by Gasteiger charge is -2.09. The van der Waals surface area contributed by atoms with Crippen molar-refractivity contribution in [2.75, 3.05) is 13.7 Å². The van der Waals surface area contributed by atoms with Crippen LogP contribution in [0, 0.1) is 0 Å². The van der Waals surface area contributed by atoms with E-state index >= 15 is 0 Å². The molecular weight excluding hydrogens is 346 g/mol. The van der Waals surface area contributed by atoms with Gasteiger partial charge in [-0.2, -0.15) is 0 Å². The van der Waals surface area contributed by atoms with Gasteiger partial charge in [0.05, 0.1) is 12.7 Å². The Bertz CT molecular complexity index is 809. The van der Waals surface area contributed by atoms with Gasteiger partial charge in [0.25, 0.3) is 0 Å². The van der Waals surface area contributed by atoms with Crippen LogP contribution in [0.1, 0.15) is 5.56 Å². The fourth-order valence-electron chi connectivity index (χ4n) is 2.03. The smallest absolute Gasteiger partial charge is 0.343 e. The molecule has 24 heavy (non-hydrogen) atoms. The third-order valence-electron chi connectivity index (χ3n) is 3.21. The molecular formula is C17H13NO4S2. The topological polar surface area (TPSA) is 65.0 Å². The zero-order valence-corrected chi connectivity index (χ0v) is 14.4. The number of para-hydroxylation sites is 1. The highest BCUT2D eigenvalue weighted by Crippen LogP contribution is 2.45. The highest BCUT2D eigenvalue weighted by molar-refractivity contribution is 8.84. The van der Waals surface area contributed by atoms with Crippen LogP contribution in [0.4, 0.5) is 0 Å². The standard InChI is InChI=1S/C17H13NO4S2/c1-21-15(20)10-22-14-9-5-3-7-12(14)17-18-16(23-24-17)11-6-2-4-8-13(11)19/h2-9H,10H2,1H3/b16-11-. The maximum Gasteiger partial charge on any atom is 0.343 e. The number of aliphatic imine (C=N–C) groups is 1. The number of ether oxygens (including phenoxy) is 2. The number of esters is 1. The van der Waals surface area contributed by atoms with Crippen LogP contribution in [0.2, 0.25) is 0 Å². The lowest BCUT2D eigenvalue weighted by Crippen LogP contribution is -2.13. The largest absolute Gasteiger partial charge is 0.481 e. The Morgan fingerprint density at radius 2 is 1.96 bits per heavy atom. The van der Waals surface area contributed by atoms with Crippen LogP contribution in [0.25, 0.3) is 0 Å². The van der Waals surface area contributed by atoms with Crippen molar-refractivity contribution in [3.05, 3.63) is 64.7 Å². The molecule has 1 aromatic rings. The summed E-state index contributed by atoms with van der Waals surface area (Å²) >= 11 is 0. The molecule has 0 radical (unpaired) electrons. The van der Waals surface area contributed by atoms with Gasteiger partial charge in [0.2, 0.25) is 0 Å². The van der Waals surface area contributed by atoms with E-state index in [1.165, 1.54) is 34.8 Å². The first-order chi connectivity index (χ1) is 11.7. The molecule has 1 heterocycles. The second-order valence-electron chi connectivity index (χ2n) is 4.75. The average molecular weight is 359 g/mol. The lowest BCUT2D eigenvalue weighted by atomic mass is 10.1. The first-order valence-corrected chi connectivity index (χ1v) is 9.19. The van der Waals surface area contributed by atoms with E-state index < -0.39 is 5.97 Å². The van der Waals surface area contributed by atoms with Gasteiger partial charge < -0.3 is 9.47 Å². The van der Waals surface area contributed by atoms with E-state index in [0.29, 0.717) is 16.4 Å². The predicted octanol–water partition coefficient (Wildman–Crippen LogP) is 3.29. The molecule has 2 aliphatic rings. The van der Waals surface area contributed by atoms with Gasteiger partial charge >= 0.3 is 5.97 Å². The van der Waals surface area contributed by atoms with E-state index in [-0.39, 0.29) is 12.4 Å². The molecule has 0 bridgehead atoms. The summed E-state index contributed by atoms with van der Waals surface area (Å²) in [4.78, 5) is 27.8. The molecule has 0 saturated carbocycles. The van der Waals surface area contributed by atoms with Crippen molar-refractivity contribution in [2.45, 2.75) is 0 Å². The highest BCUT2D eigenvalue weighted by atomic mass is 33.1. The van der Waals surface area contributed by atoms with Gasteiger partial charge in [0, 0.05) is 5.56 Å². The number of carbonyl (C=O) groups excluding carboxylic acids is 2. The van der Waals surface area contributed by atoms with Crippen LogP contribution in [0.3, 0.4) is 0 Å².